The fourth-order valence-corrected chi connectivity index (χ4v) is 8.78. The fraction of sp³-hybridized carbons (Fsp3) is 0.200. The Bertz CT molecular complexity index is 2680. The lowest BCUT2D eigenvalue weighted by atomic mass is 9.59. The van der Waals surface area contributed by atoms with Gasteiger partial charge in [0.15, 0.2) is 5.82 Å². The average Bonchev–Trinajstić information content (AvgIpc) is 3.26. The van der Waals surface area contributed by atoms with E-state index in [0.29, 0.717) is 0 Å². The van der Waals surface area contributed by atoms with Gasteiger partial charge in [-0.1, -0.05) is 175 Å². The van der Waals surface area contributed by atoms with Crippen molar-refractivity contribution in [2.24, 2.45) is 5.41 Å². The van der Waals surface area contributed by atoms with Crippen LogP contribution < -0.4 is 0 Å². The largest absolute Gasteiger partial charge is 0.233 e. The van der Waals surface area contributed by atoms with Gasteiger partial charge in [-0.05, 0) is 88.5 Å². The van der Waals surface area contributed by atoms with Crippen molar-refractivity contribution < 1.29 is 0 Å². The molecule has 0 bridgehead atoms. The second kappa shape index (κ2) is 11.7. The molecule has 0 N–H and O–H groups in total. The van der Waals surface area contributed by atoms with Crippen molar-refractivity contribution in [1.29, 1.82) is 0 Å². The van der Waals surface area contributed by atoms with E-state index >= 15 is 0 Å². The van der Waals surface area contributed by atoms with Crippen LogP contribution in [0.15, 0.2) is 146 Å². The van der Waals surface area contributed by atoms with Crippen molar-refractivity contribution >= 4 is 32.3 Å². The van der Waals surface area contributed by atoms with Gasteiger partial charge in [0.2, 0.25) is 0 Å². The molecule has 1 heterocycles. The zero-order valence-corrected chi connectivity index (χ0v) is 31.0. The smallest absolute Gasteiger partial charge is 0.160 e. The van der Waals surface area contributed by atoms with Gasteiger partial charge in [0.25, 0.3) is 0 Å². The van der Waals surface area contributed by atoms with Gasteiger partial charge in [0.05, 0.1) is 5.69 Å². The van der Waals surface area contributed by atoms with Gasteiger partial charge in [-0.2, -0.15) is 0 Å². The van der Waals surface area contributed by atoms with Crippen molar-refractivity contribution in [2.75, 3.05) is 0 Å². The molecule has 1 aromatic heterocycles. The minimum atomic E-state index is -0.0289. The summed E-state index contributed by atoms with van der Waals surface area (Å²) in [5.74, 6) is 0.749. The van der Waals surface area contributed by atoms with Crippen molar-refractivity contribution in [2.45, 2.75) is 58.8 Å². The fourth-order valence-electron chi connectivity index (χ4n) is 8.78. The maximum atomic E-state index is 5.23. The number of rotatable bonds is 5. The first-order chi connectivity index (χ1) is 25.0. The Balaban J connectivity index is 1.18. The minimum Gasteiger partial charge on any atom is -0.233 e. The van der Waals surface area contributed by atoms with E-state index in [0.717, 1.165) is 34.8 Å². The summed E-state index contributed by atoms with van der Waals surface area (Å²) in [6, 6.07) is 53.0. The lowest BCUT2D eigenvalue weighted by Crippen LogP contribution is -2.42. The number of hydrogen-bond acceptors (Lipinski definition) is 2. The van der Waals surface area contributed by atoms with Crippen molar-refractivity contribution in [3.8, 4) is 33.8 Å². The molecule has 254 valence electrons. The van der Waals surface area contributed by atoms with Gasteiger partial charge >= 0.3 is 0 Å². The zero-order valence-electron chi connectivity index (χ0n) is 31.0. The molecule has 1 aliphatic rings. The third-order valence-electron chi connectivity index (χ3n) is 12.9. The standard InChI is InChI=1S/C50H44N2/c1-48(2)43-30-39-17-11-12-18-42(39)45(46(43)49(3,4)50(48,5)6)35-22-24-36(25-23-35)47-51-41(28-32-19-20-33-13-7-9-15-37(33)27-32)31-44(52-47)40-26-21-34-14-8-10-16-38(34)29-40/h7-27,29-31H,28H2,1-6H3. The van der Waals surface area contributed by atoms with Gasteiger partial charge in [-0.3, -0.25) is 0 Å². The molecule has 0 aliphatic heterocycles. The van der Waals surface area contributed by atoms with E-state index in [4.69, 9.17) is 9.97 Å². The van der Waals surface area contributed by atoms with Gasteiger partial charge < -0.3 is 0 Å². The van der Waals surface area contributed by atoms with Crippen molar-refractivity contribution in [1.82, 2.24) is 9.97 Å². The molecule has 2 nitrogen and oxygen atoms in total. The first-order valence-electron chi connectivity index (χ1n) is 18.5. The van der Waals surface area contributed by atoms with E-state index in [1.165, 1.54) is 60.1 Å². The van der Waals surface area contributed by atoms with E-state index in [-0.39, 0.29) is 16.2 Å². The molecule has 0 fully saturated rings. The van der Waals surface area contributed by atoms with Gasteiger partial charge in [-0.25, -0.2) is 9.97 Å². The Morgan fingerprint density at radius 2 is 1.04 bits per heavy atom. The molecule has 2 heteroatoms. The van der Waals surface area contributed by atoms with Crippen LogP contribution in [0.1, 0.15) is 63.9 Å². The van der Waals surface area contributed by atoms with E-state index in [1.54, 1.807) is 0 Å². The maximum Gasteiger partial charge on any atom is 0.160 e. The first kappa shape index (κ1) is 32.3. The highest BCUT2D eigenvalue weighted by atomic mass is 14.9. The highest BCUT2D eigenvalue weighted by molar-refractivity contribution is 6.01. The van der Waals surface area contributed by atoms with Crippen molar-refractivity contribution in [3.05, 3.63) is 168 Å². The normalized spacial score (nSPS) is 15.7. The van der Waals surface area contributed by atoms with E-state index in [1.807, 2.05) is 0 Å². The van der Waals surface area contributed by atoms with Gasteiger partial charge in [0, 0.05) is 23.2 Å². The summed E-state index contributed by atoms with van der Waals surface area (Å²) < 4.78 is 0. The van der Waals surface area contributed by atoms with E-state index < -0.39 is 0 Å². The summed E-state index contributed by atoms with van der Waals surface area (Å²) >= 11 is 0. The molecule has 8 aromatic rings. The summed E-state index contributed by atoms with van der Waals surface area (Å²) in [6.45, 7) is 14.6. The number of nitrogens with zero attached hydrogens (tertiary/aromatic N) is 2. The molecule has 0 saturated carbocycles. The predicted octanol–water partition coefficient (Wildman–Crippen LogP) is 13.1. The second-order valence-electron chi connectivity index (χ2n) is 16.3. The molecule has 1 aliphatic carbocycles. The highest BCUT2D eigenvalue weighted by Crippen LogP contribution is 2.64. The van der Waals surface area contributed by atoms with Crippen LogP contribution in [0.25, 0.3) is 66.1 Å². The monoisotopic (exact) mass is 672 g/mol. The topological polar surface area (TPSA) is 25.8 Å². The summed E-state index contributed by atoms with van der Waals surface area (Å²) in [4.78, 5) is 10.5. The number of fused-ring (bicyclic) bond motifs is 4. The molecule has 0 radical (unpaired) electrons. The van der Waals surface area contributed by atoms with Crippen LogP contribution in [0.3, 0.4) is 0 Å². The second-order valence-corrected chi connectivity index (χ2v) is 16.3. The summed E-state index contributed by atoms with van der Waals surface area (Å²) in [6.07, 6.45) is 0.724. The number of hydrogen-bond donors (Lipinski definition) is 0. The van der Waals surface area contributed by atoms with Gasteiger partial charge in [-0.15, -0.1) is 0 Å². The van der Waals surface area contributed by atoms with Crippen molar-refractivity contribution in [3.63, 3.8) is 0 Å². The Morgan fingerprint density at radius 3 is 1.75 bits per heavy atom. The number of benzene rings is 7. The Kier molecular flexibility index (Phi) is 7.28. The maximum absolute atomic E-state index is 5.23. The van der Waals surface area contributed by atoms with Crippen LogP contribution in [0.4, 0.5) is 0 Å². The zero-order chi connectivity index (χ0) is 35.8. The molecule has 7 aromatic carbocycles. The van der Waals surface area contributed by atoms with E-state index in [2.05, 4.69) is 187 Å². The Hall–Kier alpha value is -5.60. The Morgan fingerprint density at radius 1 is 0.462 bits per heavy atom. The lowest BCUT2D eigenvalue weighted by molar-refractivity contribution is 0.125. The molecule has 52 heavy (non-hydrogen) atoms. The van der Waals surface area contributed by atoms with Crippen LogP contribution >= 0.6 is 0 Å². The lowest BCUT2D eigenvalue weighted by Gasteiger charge is -2.44. The molecule has 9 rings (SSSR count). The molecule has 0 saturated heterocycles. The molecular weight excluding hydrogens is 629 g/mol. The van der Waals surface area contributed by atoms with Crippen LogP contribution in [-0.4, -0.2) is 9.97 Å². The molecule has 0 unspecified atom stereocenters. The third kappa shape index (κ3) is 4.99. The minimum absolute atomic E-state index is 0.0169. The molecular formula is C50H44N2. The van der Waals surface area contributed by atoms with Gasteiger partial charge in [0.1, 0.15) is 0 Å². The Labute approximate surface area is 307 Å². The van der Waals surface area contributed by atoms with Crippen LogP contribution in [0.2, 0.25) is 0 Å². The van der Waals surface area contributed by atoms with Crippen LogP contribution in [-0.2, 0) is 17.3 Å². The highest BCUT2D eigenvalue weighted by Gasteiger charge is 2.57. The molecule has 0 amide bonds. The molecule has 0 spiro atoms. The first-order valence-corrected chi connectivity index (χ1v) is 18.5. The van der Waals surface area contributed by atoms with Crippen LogP contribution in [0.5, 0.6) is 0 Å². The predicted molar refractivity (Wildman–Crippen MR) is 220 cm³/mol. The van der Waals surface area contributed by atoms with Crippen LogP contribution in [0, 0.1) is 5.41 Å². The third-order valence-corrected chi connectivity index (χ3v) is 12.9. The quantitative estimate of drug-likeness (QED) is 0.182. The average molecular weight is 673 g/mol. The molecule has 0 atom stereocenters. The number of aromatic nitrogens is 2. The SMILES string of the molecule is CC1(C)c2cc3ccccc3c(-c3ccc(-c4nc(Cc5ccc6ccccc6c5)cc(-c5ccc6ccccc6c5)n4)cc3)c2C(C)(C)C1(C)C. The summed E-state index contributed by atoms with van der Waals surface area (Å²) in [5, 5.41) is 7.53. The summed E-state index contributed by atoms with van der Waals surface area (Å²) in [7, 11) is 0. The summed E-state index contributed by atoms with van der Waals surface area (Å²) in [5.41, 5.74) is 10.9. The van der Waals surface area contributed by atoms with E-state index in [9.17, 15) is 0 Å².